The van der Waals surface area contributed by atoms with Crippen LogP contribution in [-0.4, -0.2) is 23.3 Å². The molecular weight excluding hydrogens is 248 g/mol. The van der Waals surface area contributed by atoms with Gasteiger partial charge in [-0.2, -0.15) is 0 Å². The molecular formula is C13H16N2O2S. The molecule has 0 radical (unpaired) electrons. The fourth-order valence-corrected chi connectivity index (χ4v) is 2.15. The molecule has 0 fully saturated rings. The van der Waals surface area contributed by atoms with Crippen LogP contribution in [0.4, 0.5) is 0 Å². The molecule has 0 atom stereocenters. The maximum Gasteiger partial charge on any atom is 0.123 e. The van der Waals surface area contributed by atoms with Crippen molar-refractivity contribution in [1.82, 2.24) is 10.3 Å². The number of hydrogen-bond donors (Lipinski definition) is 2. The summed E-state index contributed by atoms with van der Waals surface area (Å²) in [6.07, 6.45) is 0. The lowest BCUT2D eigenvalue weighted by molar-refractivity contribution is 0.200. The Bertz CT molecular complexity index is 460. The minimum Gasteiger partial charge on any atom is -0.491 e. The molecule has 0 saturated heterocycles. The van der Waals surface area contributed by atoms with Crippen LogP contribution in [0.2, 0.25) is 0 Å². The Morgan fingerprint density at radius 1 is 1.28 bits per heavy atom. The second-order valence-electron chi connectivity index (χ2n) is 3.76. The van der Waals surface area contributed by atoms with Crippen LogP contribution in [0.25, 0.3) is 0 Å². The summed E-state index contributed by atoms with van der Waals surface area (Å²) in [5.74, 6) is 0.817. The standard InChI is InChI=1S/C13H16N2O2S/c16-5-6-17-13-4-2-1-3-11(13)7-14-8-12-9-18-10-15-12/h1-4,9-10,14,16H,5-8H2. The van der Waals surface area contributed by atoms with Crippen LogP contribution in [-0.2, 0) is 13.1 Å². The second-order valence-corrected chi connectivity index (χ2v) is 4.48. The molecule has 1 aromatic carbocycles. The Morgan fingerprint density at radius 3 is 2.94 bits per heavy atom. The van der Waals surface area contributed by atoms with Crippen LogP contribution in [0.5, 0.6) is 5.75 Å². The number of aliphatic hydroxyl groups excluding tert-OH is 1. The lowest BCUT2D eigenvalue weighted by atomic mass is 10.2. The summed E-state index contributed by atoms with van der Waals surface area (Å²) < 4.78 is 5.47. The van der Waals surface area contributed by atoms with Gasteiger partial charge in [0.2, 0.25) is 0 Å². The third-order valence-electron chi connectivity index (χ3n) is 2.43. The highest BCUT2D eigenvalue weighted by atomic mass is 32.1. The molecule has 1 heterocycles. The number of ether oxygens (including phenoxy) is 1. The SMILES string of the molecule is OCCOc1ccccc1CNCc1cscn1. The molecule has 0 aliphatic carbocycles. The topological polar surface area (TPSA) is 54.4 Å². The van der Waals surface area contributed by atoms with Crippen LogP contribution < -0.4 is 10.1 Å². The molecule has 0 amide bonds. The fraction of sp³-hybridized carbons (Fsp3) is 0.308. The average Bonchev–Trinajstić information content (AvgIpc) is 2.91. The van der Waals surface area contributed by atoms with E-state index >= 15 is 0 Å². The Hall–Kier alpha value is -1.43. The van der Waals surface area contributed by atoms with E-state index in [-0.39, 0.29) is 6.61 Å². The monoisotopic (exact) mass is 264 g/mol. The zero-order chi connectivity index (χ0) is 12.6. The molecule has 0 unspecified atom stereocenters. The smallest absolute Gasteiger partial charge is 0.123 e. The second kappa shape index (κ2) is 7.10. The summed E-state index contributed by atoms with van der Waals surface area (Å²) in [6, 6.07) is 7.83. The largest absolute Gasteiger partial charge is 0.491 e. The summed E-state index contributed by atoms with van der Waals surface area (Å²) in [7, 11) is 0. The van der Waals surface area contributed by atoms with Crippen molar-refractivity contribution in [2.75, 3.05) is 13.2 Å². The van der Waals surface area contributed by atoms with Crippen molar-refractivity contribution in [1.29, 1.82) is 0 Å². The number of hydrogen-bond acceptors (Lipinski definition) is 5. The Labute approximate surface area is 110 Å². The van der Waals surface area contributed by atoms with E-state index in [2.05, 4.69) is 10.3 Å². The number of aliphatic hydroxyl groups is 1. The molecule has 0 spiro atoms. The highest BCUT2D eigenvalue weighted by Crippen LogP contribution is 2.17. The maximum atomic E-state index is 8.77. The molecule has 0 bridgehead atoms. The van der Waals surface area contributed by atoms with Gasteiger partial charge in [-0.15, -0.1) is 11.3 Å². The van der Waals surface area contributed by atoms with Gasteiger partial charge in [0.05, 0.1) is 17.8 Å². The highest BCUT2D eigenvalue weighted by Gasteiger charge is 2.02. The summed E-state index contributed by atoms with van der Waals surface area (Å²) in [5.41, 5.74) is 3.96. The minimum atomic E-state index is 0.0284. The van der Waals surface area contributed by atoms with E-state index in [1.165, 1.54) is 0 Å². The number of thiazole rings is 1. The molecule has 4 nitrogen and oxygen atoms in total. The Balaban J connectivity index is 1.87. The van der Waals surface area contributed by atoms with Crippen molar-refractivity contribution in [3.05, 3.63) is 46.4 Å². The van der Waals surface area contributed by atoms with Crippen molar-refractivity contribution >= 4 is 11.3 Å². The van der Waals surface area contributed by atoms with Gasteiger partial charge < -0.3 is 15.2 Å². The van der Waals surface area contributed by atoms with Crippen molar-refractivity contribution in [2.45, 2.75) is 13.1 Å². The number of aromatic nitrogens is 1. The van der Waals surface area contributed by atoms with E-state index in [1.54, 1.807) is 11.3 Å². The molecule has 0 aliphatic heterocycles. The van der Waals surface area contributed by atoms with E-state index < -0.39 is 0 Å². The van der Waals surface area contributed by atoms with E-state index in [9.17, 15) is 0 Å². The number of nitrogens with zero attached hydrogens (tertiary/aromatic N) is 1. The van der Waals surface area contributed by atoms with Crippen LogP contribution >= 0.6 is 11.3 Å². The summed E-state index contributed by atoms with van der Waals surface area (Å²) >= 11 is 1.60. The average molecular weight is 264 g/mol. The third kappa shape index (κ3) is 3.80. The van der Waals surface area contributed by atoms with Gasteiger partial charge in [0.25, 0.3) is 0 Å². The van der Waals surface area contributed by atoms with Gasteiger partial charge in [-0.3, -0.25) is 0 Å². The first kappa shape index (κ1) is 13.0. The van der Waals surface area contributed by atoms with Gasteiger partial charge in [-0.05, 0) is 6.07 Å². The molecule has 1 aromatic heterocycles. The zero-order valence-electron chi connectivity index (χ0n) is 10.0. The highest BCUT2D eigenvalue weighted by molar-refractivity contribution is 7.07. The summed E-state index contributed by atoms with van der Waals surface area (Å²) in [6.45, 7) is 1.82. The van der Waals surface area contributed by atoms with Crippen molar-refractivity contribution in [3.8, 4) is 5.75 Å². The summed E-state index contributed by atoms with van der Waals surface area (Å²) in [5, 5.41) is 14.1. The molecule has 18 heavy (non-hydrogen) atoms. The lowest BCUT2D eigenvalue weighted by Crippen LogP contribution is -2.14. The minimum absolute atomic E-state index is 0.0284. The van der Waals surface area contributed by atoms with Crippen molar-refractivity contribution in [3.63, 3.8) is 0 Å². The number of nitrogens with one attached hydrogen (secondary N) is 1. The Morgan fingerprint density at radius 2 is 2.17 bits per heavy atom. The summed E-state index contributed by atoms with van der Waals surface area (Å²) in [4.78, 5) is 4.21. The van der Waals surface area contributed by atoms with Gasteiger partial charge in [-0.25, -0.2) is 4.98 Å². The van der Waals surface area contributed by atoms with E-state index in [4.69, 9.17) is 9.84 Å². The molecule has 2 N–H and O–H groups in total. The fourth-order valence-electron chi connectivity index (χ4n) is 1.60. The third-order valence-corrected chi connectivity index (χ3v) is 3.06. The molecule has 2 aromatic rings. The molecule has 96 valence electrons. The van der Waals surface area contributed by atoms with Gasteiger partial charge in [-0.1, -0.05) is 18.2 Å². The van der Waals surface area contributed by atoms with E-state index in [1.807, 2.05) is 35.2 Å². The van der Waals surface area contributed by atoms with Gasteiger partial charge in [0.15, 0.2) is 0 Å². The first-order valence-corrected chi connectivity index (χ1v) is 6.74. The van der Waals surface area contributed by atoms with Crippen molar-refractivity contribution < 1.29 is 9.84 Å². The quantitative estimate of drug-likeness (QED) is 0.800. The molecule has 0 aliphatic rings. The van der Waals surface area contributed by atoms with Crippen LogP contribution in [0.1, 0.15) is 11.3 Å². The Kier molecular flexibility index (Phi) is 5.14. The number of para-hydroxylation sites is 1. The number of rotatable bonds is 7. The van der Waals surface area contributed by atoms with Gasteiger partial charge in [0, 0.05) is 24.0 Å². The molecule has 5 heteroatoms. The lowest BCUT2D eigenvalue weighted by Gasteiger charge is -2.10. The maximum absolute atomic E-state index is 8.77. The van der Waals surface area contributed by atoms with E-state index in [0.717, 1.165) is 30.1 Å². The van der Waals surface area contributed by atoms with Crippen molar-refractivity contribution in [2.24, 2.45) is 0 Å². The van der Waals surface area contributed by atoms with Crippen LogP contribution in [0, 0.1) is 0 Å². The van der Waals surface area contributed by atoms with Gasteiger partial charge >= 0.3 is 0 Å². The van der Waals surface area contributed by atoms with E-state index in [0.29, 0.717) is 6.61 Å². The molecule has 0 saturated carbocycles. The normalized spacial score (nSPS) is 10.5. The first-order valence-electron chi connectivity index (χ1n) is 5.79. The van der Waals surface area contributed by atoms with Crippen LogP contribution in [0.15, 0.2) is 35.2 Å². The molecule has 2 rings (SSSR count). The predicted molar refractivity (Wildman–Crippen MR) is 71.7 cm³/mol. The predicted octanol–water partition coefficient (Wildman–Crippen LogP) is 1.80. The zero-order valence-corrected chi connectivity index (χ0v) is 10.8. The number of benzene rings is 1. The first-order chi connectivity index (χ1) is 8.90. The van der Waals surface area contributed by atoms with Crippen LogP contribution in [0.3, 0.4) is 0 Å². The van der Waals surface area contributed by atoms with Gasteiger partial charge in [0.1, 0.15) is 12.4 Å².